The van der Waals surface area contributed by atoms with Gasteiger partial charge in [-0.1, -0.05) is 6.92 Å². The normalized spacial score (nSPS) is 16.0. The van der Waals surface area contributed by atoms with Gasteiger partial charge in [0, 0.05) is 6.61 Å². The summed E-state index contributed by atoms with van der Waals surface area (Å²) in [6.07, 6.45) is 1.04. The minimum absolute atomic E-state index is 0.0720. The maximum Gasteiger partial charge on any atom is 0.0805 e. The van der Waals surface area contributed by atoms with E-state index in [4.69, 9.17) is 14.6 Å². The Labute approximate surface area is 74.7 Å². The Morgan fingerprint density at radius 1 is 1.25 bits per heavy atom. The third-order valence-electron chi connectivity index (χ3n) is 1.68. The van der Waals surface area contributed by atoms with Gasteiger partial charge in [-0.3, -0.25) is 0 Å². The predicted octanol–water partition coefficient (Wildman–Crippen LogP) is 1.20. The molecule has 0 aromatic rings. The summed E-state index contributed by atoms with van der Waals surface area (Å²) in [7, 11) is 0. The summed E-state index contributed by atoms with van der Waals surface area (Å²) in [6.45, 7) is 7.24. The first kappa shape index (κ1) is 11.9. The molecule has 0 bridgehead atoms. The third kappa shape index (κ3) is 5.52. The van der Waals surface area contributed by atoms with Crippen LogP contribution in [0.4, 0.5) is 0 Å². The van der Waals surface area contributed by atoms with Gasteiger partial charge in [0.05, 0.1) is 25.4 Å². The number of aliphatic hydroxyl groups is 1. The van der Waals surface area contributed by atoms with Gasteiger partial charge in [0.25, 0.3) is 0 Å². The Bertz CT molecular complexity index is 95.8. The van der Waals surface area contributed by atoms with E-state index in [0.29, 0.717) is 6.61 Å². The van der Waals surface area contributed by atoms with Gasteiger partial charge in [-0.2, -0.15) is 0 Å². The van der Waals surface area contributed by atoms with Gasteiger partial charge in [0.15, 0.2) is 0 Å². The molecular formula is C9H20O3. The molecule has 0 saturated heterocycles. The molecule has 0 amide bonds. The quantitative estimate of drug-likeness (QED) is 0.633. The van der Waals surface area contributed by atoms with Crippen LogP contribution in [0.5, 0.6) is 0 Å². The number of ether oxygens (including phenoxy) is 2. The predicted molar refractivity (Wildman–Crippen MR) is 48.2 cm³/mol. The maximum atomic E-state index is 8.68. The monoisotopic (exact) mass is 176 g/mol. The van der Waals surface area contributed by atoms with Crippen molar-refractivity contribution in [2.75, 3.05) is 19.8 Å². The summed E-state index contributed by atoms with van der Waals surface area (Å²) in [5.74, 6) is 0. The van der Waals surface area contributed by atoms with Crippen molar-refractivity contribution in [1.82, 2.24) is 0 Å². The van der Waals surface area contributed by atoms with Crippen molar-refractivity contribution in [1.29, 1.82) is 0 Å². The Balaban J connectivity index is 3.43. The third-order valence-corrected chi connectivity index (χ3v) is 1.68. The largest absolute Gasteiger partial charge is 0.394 e. The fourth-order valence-electron chi connectivity index (χ4n) is 0.844. The van der Waals surface area contributed by atoms with Gasteiger partial charge >= 0.3 is 0 Å². The molecule has 0 aliphatic rings. The highest BCUT2D eigenvalue weighted by atomic mass is 16.5. The molecule has 74 valence electrons. The topological polar surface area (TPSA) is 38.7 Å². The fraction of sp³-hybridized carbons (Fsp3) is 1.00. The summed E-state index contributed by atoms with van der Waals surface area (Å²) in [5, 5.41) is 8.68. The first-order valence-corrected chi connectivity index (χ1v) is 4.58. The Hall–Kier alpha value is -0.120. The lowest BCUT2D eigenvalue weighted by atomic mass is 10.3. The van der Waals surface area contributed by atoms with Gasteiger partial charge in [0.2, 0.25) is 0 Å². The second-order valence-corrected chi connectivity index (χ2v) is 2.81. The van der Waals surface area contributed by atoms with Crippen LogP contribution in [0, 0.1) is 0 Å². The average molecular weight is 176 g/mol. The Morgan fingerprint density at radius 3 is 2.33 bits per heavy atom. The molecule has 0 aliphatic carbocycles. The van der Waals surface area contributed by atoms with Gasteiger partial charge in [0.1, 0.15) is 0 Å². The van der Waals surface area contributed by atoms with Gasteiger partial charge in [-0.15, -0.1) is 0 Å². The van der Waals surface area contributed by atoms with Crippen molar-refractivity contribution in [3.8, 4) is 0 Å². The summed E-state index contributed by atoms with van der Waals surface area (Å²) < 4.78 is 10.7. The summed E-state index contributed by atoms with van der Waals surface area (Å²) in [5.41, 5.74) is 0. The van der Waals surface area contributed by atoms with Crippen LogP contribution in [0.1, 0.15) is 27.2 Å². The molecule has 0 radical (unpaired) electrons. The second kappa shape index (κ2) is 7.53. The van der Waals surface area contributed by atoms with Crippen molar-refractivity contribution in [2.45, 2.75) is 39.4 Å². The van der Waals surface area contributed by atoms with Crippen molar-refractivity contribution in [2.24, 2.45) is 0 Å². The van der Waals surface area contributed by atoms with Gasteiger partial charge < -0.3 is 14.6 Å². The zero-order valence-electron chi connectivity index (χ0n) is 8.25. The van der Waals surface area contributed by atoms with E-state index in [1.165, 1.54) is 0 Å². The number of hydrogen-bond acceptors (Lipinski definition) is 3. The number of aliphatic hydroxyl groups excluding tert-OH is 1. The van der Waals surface area contributed by atoms with Crippen LogP contribution in [-0.2, 0) is 9.47 Å². The second-order valence-electron chi connectivity index (χ2n) is 2.81. The zero-order chi connectivity index (χ0) is 9.40. The Kier molecular flexibility index (Phi) is 7.45. The molecular weight excluding hydrogens is 156 g/mol. The minimum Gasteiger partial charge on any atom is -0.394 e. The van der Waals surface area contributed by atoms with E-state index in [-0.39, 0.29) is 18.8 Å². The molecule has 2 unspecified atom stereocenters. The standard InChI is InChI=1S/C9H20O3/c1-4-9(11-5-2)7-12-8(3)6-10/h8-10H,4-7H2,1-3H3. The minimum atomic E-state index is -0.0838. The molecule has 0 fully saturated rings. The smallest absolute Gasteiger partial charge is 0.0805 e. The average Bonchev–Trinajstić information content (AvgIpc) is 2.11. The lowest BCUT2D eigenvalue weighted by Crippen LogP contribution is -2.24. The van der Waals surface area contributed by atoms with E-state index in [1.807, 2.05) is 13.8 Å². The zero-order valence-corrected chi connectivity index (χ0v) is 8.25. The highest BCUT2D eigenvalue weighted by Crippen LogP contribution is 2.00. The fourth-order valence-corrected chi connectivity index (χ4v) is 0.844. The highest BCUT2D eigenvalue weighted by Gasteiger charge is 2.07. The summed E-state index contributed by atoms with van der Waals surface area (Å²) in [6, 6.07) is 0. The van der Waals surface area contributed by atoms with E-state index in [2.05, 4.69) is 6.92 Å². The highest BCUT2D eigenvalue weighted by molar-refractivity contribution is 4.55. The molecule has 0 heterocycles. The summed E-state index contributed by atoms with van der Waals surface area (Å²) >= 11 is 0. The molecule has 1 N–H and O–H groups in total. The molecule has 0 aromatic heterocycles. The SMILES string of the molecule is CCOC(CC)COC(C)CO. The van der Waals surface area contributed by atoms with Crippen LogP contribution in [0.3, 0.4) is 0 Å². The van der Waals surface area contributed by atoms with Crippen LogP contribution in [-0.4, -0.2) is 37.1 Å². The van der Waals surface area contributed by atoms with Crippen LogP contribution in [0.25, 0.3) is 0 Å². The van der Waals surface area contributed by atoms with Gasteiger partial charge in [-0.25, -0.2) is 0 Å². The molecule has 2 atom stereocenters. The molecule has 0 aromatic carbocycles. The van der Waals surface area contributed by atoms with E-state index < -0.39 is 0 Å². The molecule has 12 heavy (non-hydrogen) atoms. The van der Waals surface area contributed by atoms with Crippen molar-refractivity contribution in [3.05, 3.63) is 0 Å². The molecule has 3 heteroatoms. The van der Waals surface area contributed by atoms with E-state index in [1.54, 1.807) is 0 Å². The lowest BCUT2D eigenvalue weighted by molar-refractivity contribution is -0.0502. The van der Waals surface area contributed by atoms with Crippen molar-refractivity contribution in [3.63, 3.8) is 0 Å². The van der Waals surface area contributed by atoms with Crippen LogP contribution >= 0.6 is 0 Å². The molecule has 0 spiro atoms. The van der Waals surface area contributed by atoms with Crippen LogP contribution in [0.2, 0.25) is 0 Å². The molecule has 3 nitrogen and oxygen atoms in total. The van der Waals surface area contributed by atoms with Gasteiger partial charge in [-0.05, 0) is 20.3 Å². The van der Waals surface area contributed by atoms with E-state index >= 15 is 0 Å². The van der Waals surface area contributed by atoms with E-state index in [0.717, 1.165) is 13.0 Å². The molecule has 0 saturated carbocycles. The first-order valence-electron chi connectivity index (χ1n) is 4.58. The lowest BCUT2D eigenvalue weighted by Gasteiger charge is -2.17. The van der Waals surface area contributed by atoms with Crippen molar-refractivity contribution < 1.29 is 14.6 Å². The Morgan fingerprint density at radius 2 is 1.92 bits per heavy atom. The number of hydrogen-bond donors (Lipinski definition) is 1. The van der Waals surface area contributed by atoms with Crippen LogP contribution < -0.4 is 0 Å². The van der Waals surface area contributed by atoms with E-state index in [9.17, 15) is 0 Å². The first-order chi connectivity index (χ1) is 5.74. The molecule has 0 rings (SSSR count). The maximum absolute atomic E-state index is 8.68. The summed E-state index contributed by atoms with van der Waals surface area (Å²) in [4.78, 5) is 0. The van der Waals surface area contributed by atoms with Crippen LogP contribution in [0.15, 0.2) is 0 Å². The van der Waals surface area contributed by atoms with Crippen molar-refractivity contribution >= 4 is 0 Å². The number of rotatable bonds is 7. The molecule has 0 aliphatic heterocycles.